The molecule has 1 fully saturated rings. The summed E-state index contributed by atoms with van der Waals surface area (Å²) in [5, 5.41) is 9.19. The minimum absolute atomic E-state index is 0.102. The van der Waals surface area contributed by atoms with Crippen LogP contribution in [0.15, 0.2) is 0 Å². The van der Waals surface area contributed by atoms with Gasteiger partial charge in [-0.15, -0.1) is 0 Å². The molecule has 5 heteroatoms. The third-order valence-corrected chi connectivity index (χ3v) is 3.81. The largest absolute Gasteiger partial charge is 0.480 e. The first-order valence-corrected chi connectivity index (χ1v) is 6.20. The molecule has 0 aromatic heterocycles. The molecule has 0 aromatic carbocycles. The summed E-state index contributed by atoms with van der Waals surface area (Å²) in [7, 11) is 3.70. The van der Waals surface area contributed by atoms with Crippen molar-refractivity contribution >= 4 is 5.97 Å². The van der Waals surface area contributed by atoms with Crippen molar-refractivity contribution in [2.45, 2.75) is 31.2 Å². The second-order valence-electron chi connectivity index (χ2n) is 5.02. The zero-order valence-corrected chi connectivity index (χ0v) is 10.8. The van der Waals surface area contributed by atoms with Crippen molar-refractivity contribution in [3.05, 3.63) is 0 Å². The zero-order valence-electron chi connectivity index (χ0n) is 10.8. The molecule has 1 aliphatic carbocycles. The number of hydrogen-bond acceptors (Lipinski definition) is 4. The van der Waals surface area contributed by atoms with Crippen molar-refractivity contribution in [3.63, 3.8) is 0 Å². The van der Waals surface area contributed by atoms with Gasteiger partial charge in [0.05, 0.1) is 6.61 Å². The Morgan fingerprint density at radius 3 is 2.88 bits per heavy atom. The van der Waals surface area contributed by atoms with Crippen molar-refractivity contribution in [3.8, 4) is 0 Å². The molecule has 5 nitrogen and oxygen atoms in total. The van der Waals surface area contributed by atoms with Gasteiger partial charge in [0.15, 0.2) is 0 Å². The highest BCUT2D eigenvalue weighted by atomic mass is 16.5. The Morgan fingerprint density at radius 1 is 1.59 bits per heavy atom. The Bertz CT molecular complexity index is 260. The number of carboxylic acid groups (broad SMARTS) is 1. The summed E-state index contributed by atoms with van der Waals surface area (Å²) in [6, 6.07) is 0. The SMILES string of the molecule is COCCN(C)CCC1CCCC1(N)C(=O)O. The molecule has 1 aliphatic rings. The van der Waals surface area contributed by atoms with Crippen LogP contribution in [0.4, 0.5) is 0 Å². The Hall–Kier alpha value is -0.650. The highest BCUT2D eigenvalue weighted by Crippen LogP contribution is 2.36. The predicted molar refractivity (Wildman–Crippen MR) is 65.9 cm³/mol. The number of nitrogens with two attached hydrogens (primary N) is 1. The van der Waals surface area contributed by atoms with Crippen LogP contribution in [0.3, 0.4) is 0 Å². The van der Waals surface area contributed by atoms with Crippen molar-refractivity contribution in [2.75, 3.05) is 33.9 Å². The van der Waals surface area contributed by atoms with Crippen molar-refractivity contribution in [2.24, 2.45) is 11.7 Å². The number of rotatable bonds is 7. The Kier molecular flexibility index (Phi) is 5.36. The molecule has 0 radical (unpaired) electrons. The fourth-order valence-electron chi connectivity index (χ4n) is 2.52. The third-order valence-electron chi connectivity index (χ3n) is 3.81. The van der Waals surface area contributed by atoms with E-state index in [1.165, 1.54) is 0 Å². The highest BCUT2D eigenvalue weighted by Gasteiger charge is 2.45. The lowest BCUT2D eigenvalue weighted by Gasteiger charge is -2.28. The van der Waals surface area contributed by atoms with Crippen LogP contribution in [-0.4, -0.2) is 55.4 Å². The summed E-state index contributed by atoms with van der Waals surface area (Å²) in [5.74, 6) is -0.746. The number of hydrogen-bond donors (Lipinski definition) is 2. The van der Waals surface area contributed by atoms with Gasteiger partial charge in [0.25, 0.3) is 0 Å². The predicted octanol–water partition coefficient (Wildman–Crippen LogP) is 0.537. The van der Waals surface area contributed by atoms with Gasteiger partial charge in [0.1, 0.15) is 5.54 Å². The molecular weight excluding hydrogens is 220 g/mol. The molecule has 0 bridgehead atoms. The number of likely N-dealkylation sites (N-methyl/N-ethyl adjacent to an activating group) is 1. The number of nitrogens with zero attached hydrogens (tertiary/aromatic N) is 1. The lowest BCUT2D eigenvalue weighted by molar-refractivity contribution is -0.144. The van der Waals surface area contributed by atoms with Gasteiger partial charge < -0.3 is 20.5 Å². The maximum atomic E-state index is 11.2. The quantitative estimate of drug-likeness (QED) is 0.683. The topological polar surface area (TPSA) is 75.8 Å². The van der Waals surface area contributed by atoms with E-state index in [-0.39, 0.29) is 5.92 Å². The third kappa shape index (κ3) is 3.66. The van der Waals surface area contributed by atoms with E-state index in [0.29, 0.717) is 13.0 Å². The number of carbonyl (C=O) groups is 1. The fourth-order valence-corrected chi connectivity index (χ4v) is 2.52. The van der Waals surface area contributed by atoms with Crippen LogP contribution >= 0.6 is 0 Å². The van der Waals surface area contributed by atoms with Crippen LogP contribution < -0.4 is 5.73 Å². The lowest BCUT2D eigenvalue weighted by atomic mass is 9.85. The van der Waals surface area contributed by atoms with E-state index >= 15 is 0 Å². The van der Waals surface area contributed by atoms with Crippen LogP contribution in [0.25, 0.3) is 0 Å². The minimum Gasteiger partial charge on any atom is -0.480 e. The van der Waals surface area contributed by atoms with Crippen LogP contribution in [0.2, 0.25) is 0 Å². The van der Waals surface area contributed by atoms with E-state index in [1.807, 2.05) is 7.05 Å². The van der Waals surface area contributed by atoms with Crippen LogP contribution in [-0.2, 0) is 9.53 Å². The van der Waals surface area contributed by atoms with Crippen LogP contribution in [0.1, 0.15) is 25.7 Å². The molecule has 2 unspecified atom stereocenters. The number of carboxylic acids is 1. The highest BCUT2D eigenvalue weighted by molar-refractivity contribution is 5.79. The molecule has 0 aliphatic heterocycles. The van der Waals surface area contributed by atoms with Gasteiger partial charge in [-0.1, -0.05) is 6.42 Å². The average Bonchev–Trinajstić information content (AvgIpc) is 2.66. The number of ether oxygens (including phenoxy) is 1. The first kappa shape index (κ1) is 14.4. The van der Waals surface area contributed by atoms with E-state index in [2.05, 4.69) is 4.90 Å². The summed E-state index contributed by atoms with van der Waals surface area (Å²) in [6.07, 6.45) is 3.31. The van der Waals surface area contributed by atoms with Gasteiger partial charge in [-0.05, 0) is 38.8 Å². The Labute approximate surface area is 103 Å². The molecule has 0 aromatic rings. The second kappa shape index (κ2) is 6.33. The summed E-state index contributed by atoms with van der Waals surface area (Å²) in [6.45, 7) is 2.45. The van der Waals surface area contributed by atoms with Crippen molar-refractivity contribution < 1.29 is 14.6 Å². The number of aliphatic carboxylic acids is 1. The molecule has 0 amide bonds. The maximum Gasteiger partial charge on any atom is 0.323 e. The molecule has 17 heavy (non-hydrogen) atoms. The summed E-state index contributed by atoms with van der Waals surface area (Å²) in [4.78, 5) is 13.3. The van der Waals surface area contributed by atoms with E-state index < -0.39 is 11.5 Å². The van der Waals surface area contributed by atoms with Gasteiger partial charge in [0.2, 0.25) is 0 Å². The van der Waals surface area contributed by atoms with Crippen LogP contribution in [0, 0.1) is 5.92 Å². The normalized spacial score (nSPS) is 28.8. The minimum atomic E-state index is -0.998. The number of methoxy groups -OCH3 is 1. The van der Waals surface area contributed by atoms with E-state index in [0.717, 1.165) is 32.4 Å². The Morgan fingerprint density at radius 2 is 2.29 bits per heavy atom. The molecule has 1 saturated carbocycles. The van der Waals surface area contributed by atoms with E-state index in [9.17, 15) is 9.90 Å². The summed E-state index contributed by atoms with van der Waals surface area (Å²) >= 11 is 0. The van der Waals surface area contributed by atoms with Gasteiger partial charge >= 0.3 is 5.97 Å². The van der Waals surface area contributed by atoms with Gasteiger partial charge in [-0.3, -0.25) is 4.79 Å². The molecule has 100 valence electrons. The van der Waals surface area contributed by atoms with Crippen molar-refractivity contribution in [1.82, 2.24) is 4.90 Å². The first-order chi connectivity index (χ1) is 8.00. The summed E-state index contributed by atoms with van der Waals surface area (Å²) < 4.78 is 5.00. The van der Waals surface area contributed by atoms with E-state index in [4.69, 9.17) is 10.5 Å². The smallest absolute Gasteiger partial charge is 0.323 e. The molecular formula is C12H24N2O3. The Balaban J connectivity index is 2.38. The van der Waals surface area contributed by atoms with Gasteiger partial charge in [-0.2, -0.15) is 0 Å². The summed E-state index contributed by atoms with van der Waals surface area (Å²) in [5.41, 5.74) is 4.99. The fraction of sp³-hybridized carbons (Fsp3) is 0.917. The monoisotopic (exact) mass is 244 g/mol. The molecule has 3 N–H and O–H groups in total. The second-order valence-corrected chi connectivity index (χ2v) is 5.02. The standard InChI is InChI=1S/C12H24N2O3/c1-14(8-9-17-2)7-5-10-4-3-6-12(10,13)11(15)16/h10H,3-9,13H2,1-2H3,(H,15,16). The molecule has 2 atom stereocenters. The molecule has 1 rings (SSSR count). The molecule has 0 spiro atoms. The van der Waals surface area contributed by atoms with Gasteiger partial charge in [-0.25, -0.2) is 0 Å². The molecule has 0 saturated heterocycles. The maximum absolute atomic E-state index is 11.2. The first-order valence-electron chi connectivity index (χ1n) is 6.20. The zero-order chi connectivity index (χ0) is 12.9. The van der Waals surface area contributed by atoms with Gasteiger partial charge in [0, 0.05) is 13.7 Å². The molecule has 0 heterocycles. The lowest BCUT2D eigenvalue weighted by Crippen LogP contribution is -2.51. The van der Waals surface area contributed by atoms with E-state index in [1.54, 1.807) is 7.11 Å². The average molecular weight is 244 g/mol. The van der Waals surface area contributed by atoms with Crippen molar-refractivity contribution in [1.29, 1.82) is 0 Å². The van der Waals surface area contributed by atoms with Crippen LogP contribution in [0.5, 0.6) is 0 Å².